The van der Waals surface area contributed by atoms with Gasteiger partial charge in [0, 0.05) is 30.4 Å². The maximum Gasteiger partial charge on any atom is 0.407 e. The molecule has 0 fully saturated rings. The first-order valence-corrected chi connectivity index (χ1v) is 15.1. The van der Waals surface area contributed by atoms with E-state index in [1.165, 1.54) is 6.08 Å². The quantitative estimate of drug-likeness (QED) is 0.0803. The van der Waals surface area contributed by atoms with Crippen LogP contribution in [-0.2, 0) is 16.0 Å². The molecule has 228 valence electrons. The number of para-hydroxylation sites is 2. The number of ether oxygens (including phenoxy) is 1. The number of benzene rings is 1. The van der Waals surface area contributed by atoms with Crippen molar-refractivity contribution in [2.45, 2.75) is 58.0 Å². The van der Waals surface area contributed by atoms with Crippen LogP contribution in [0.25, 0.3) is 0 Å². The lowest BCUT2D eigenvalue weighted by molar-refractivity contribution is -0.111. The van der Waals surface area contributed by atoms with E-state index in [1.54, 1.807) is 18.5 Å². The molecular weight excluding hydrogens is 576 g/mol. The molecule has 0 saturated heterocycles. The molecule has 9 nitrogen and oxygen atoms in total. The molecule has 2 aromatic heterocycles. The summed E-state index contributed by atoms with van der Waals surface area (Å²) in [6, 6.07) is 11.0. The number of pyridine rings is 2. The first kappa shape index (κ1) is 32.1. The zero-order chi connectivity index (χ0) is 31.1. The molecule has 1 aromatic carbocycles. The number of carbonyl (C=O) groups excluding carboxylic acids is 2. The lowest BCUT2D eigenvalue weighted by Gasteiger charge is -2.19. The Morgan fingerprint density at radius 2 is 1.93 bits per heavy atom. The van der Waals surface area contributed by atoms with E-state index in [2.05, 4.69) is 61.8 Å². The number of nitrogens with one attached hydrogen (secondary N) is 4. The van der Waals surface area contributed by atoms with Gasteiger partial charge in [0.15, 0.2) is 0 Å². The highest BCUT2D eigenvalue weighted by atomic mass is 35.5. The molecule has 4 rings (SSSR count). The van der Waals surface area contributed by atoms with Gasteiger partial charge < -0.3 is 26.0 Å². The number of amides is 2. The minimum atomic E-state index is -0.397. The first-order chi connectivity index (χ1) is 21.5. The molecule has 0 radical (unpaired) electrons. The van der Waals surface area contributed by atoms with E-state index >= 15 is 0 Å². The van der Waals surface area contributed by atoms with Crippen LogP contribution in [0.5, 0.6) is 0 Å². The summed E-state index contributed by atoms with van der Waals surface area (Å²) in [6.07, 6.45) is 14.2. The van der Waals surface area contributed by atoms with E-state index in [4.69, 9.17) is 16.3 Å². The maximum absolute atomic E-state index is 12.2. The molecule has 1 aliphatic rings. The van der Waals surface area contributed by atoms with E-state index in [0.29, 0.717) is 53.0 Å². The average Bonchev–Trinajstić information content (AvgIpc) is 3.01. The van der Waals surface area contributed by atoms with E-state index in [-0.39, 0.29) is 12.0 Å². The number of carbonyl (C=O) groups is 2. The van der Waals surface area contributed by atoms with Crippen LogP contribution in [0, 0.1) is 11.8 Å². The Kier molecular flexibility index (Phi) is 12.2. The number of nitrogens with zero attached hydrogens (tertiary/aromatic N) is 2. The third kappa shape index (κ3) is 9.61. The number of rotatable bonds is 10. The van der Waals surface area contributed by atoms with Crippen molar-refractivity contribution < 1.29 is 14.3 Å². The van der Waals surface area contributed by atoms with Gasteiger partial charge in [0.1, 0.15) is 17.6 Å². The Balaban J connectivity index is 1.38. The highest BCUT2D eigenvalue weighted by Gasteiger charge is 2.16. The zero-order valence-electron chi connectivity index (χ0n) is 24.8. The minimum absolute atomic E-state index is 0.0403. The Labute approximate surface area is 263 Å². The molecule has 44 heavy (non-hydrogen) atoms. The number of hydrogen-bond donors (Lipinski definition) is 4. The van der Waals surface area contributed by atoms with Gasteiger partial charge in [-0.05, 0) is 74.8 Å². The summed E-state index contributed by atoms with van der Waals surface area (Å²) in [5.41, 5.74) is 4.16. The molecule has 1 aliphatic carbocycles. The van der Waals surface area contributed by atoms with Crippen LogP contribution >= 0.6 is 11.6 Å². The predicted octanol–water partition coefficient (Wildman–Crippen LogP) is 7.66. The van der Waals surface area contributed by atoms with Crippen molar-refractivity contribution in [3.8, 4) is 11.8 Å². The third-order valence-electron chi connectivity index (χ3n) is 6.87. The van der Waals surface area contributed by atoms with Crippen molar-refractivity contribution in [2.24, 2.45) is 0 Å². The third-order valence-corrected chi connectivity index (χ3v) is 7.15. The second kappa shape index (κ2) is 16.7. The SMILES string of the molecule is C=CC(=O)Nc1ccccc1Nc1c(Cl)cnc(Nc2ccnc(C#CCCNC(=O)OC3CC/C=C/CCC3)c2)c1CC. The molecule has 2 amide bonds. The van der Waals surface area contributed by atoms with Gasteiger partial charge in [-0.25, -0.2) is 14.8 Å². The fourth-order valence-corrected chi connectivity index (χ4v) is 4.87. The van der Waals surface area contributed by atoms with E-state index < -0.39 is 6.09 Å². The fraction of sp³-hybridized carbons (Fsp3) is 0.294. The maximum atomic E-state index is 12.2. The van der Waals surface area contributed by atoms with Crippen LogP contribution in [0.2, 0.25) is 5.02 Å². The standard InChI is InChI=1S/C34H37ClN6O3/c1-3-27-32(41-30-18-11-10-17-29(30)40-31(42)4-2)28(35)23-38-33(27)39-25-19-21-36-24(22-25)14-12-13-20-37-34(43)44-26-15-8-6-5-7-9-16-26/h4-6,10-11,17-19,21-23,26H,2-3,7-9,13,15-16,20H2,1H3,(H,37,43)(H,40,42)(H2,36,38,39,41)/b6-5+. The first-order valence-electron chi connectivity index (χ1n) is 14.7. The normalized spacial score (nSPS) is 14.9. The van der Waals surface area contributed by atoms with Gasteiger partial charge in [0.2, 0.25) is 5.91 Å². The second-order valence-corrected chi connectivity index (χ2v) is 10.5. The molecule has 2 heterocycles. The van der Waals surface area contributed by atoms with E-state index in [0.717, 1.165) is 43.4 Å². The highest BCUT2D eigenvalue weighted by molar-refractivity contribution is 6.33. The lowest BCUT2D eigenvalue weighted by atomic mass is 10.0. The van der Waals surface area contributed by atoms with Gasteiger partial charge in [-0.3, -0.25) is 4.79 Å². The van der Waals surface area contributed by atoms with Crippen molar-refractivity contribution in [1.29, 1.82) is 0 Å². The van der Waals surface area contributed by atoms with Gasteiger partial charge in [-0.2, -0.15) is 0 Å². The largest absolute Gasteiger partial charge is 0.446 e. The summed E-state index contributed by atoms with van der Waals surface area (Å²) in [7, 11) is 0. The van der Waals surface area contributed by atoms with Crippen molar-refractivity contribution >= 4 is 52.2 Å². The molecule has 0 spiro atoms. The van der Waals surface area contributed by atoms with Crippen LogP contribution in [0.1, 0.15) is 56.7 Å². The summed E-state index contributed by atoms with van der Waals surface area (Å²) in [6.45, 7) is 5.92. The van der Waals surface area contributed by atoms with Crippen LogP contribution in [0.3, 0.4) is 0 Å². The molecule has 1 atom stereocenters. The average molecular weight is 613 g/mol. The topological polar surface area (TPSA) is 117 Å². The van der Waals surface area contributed by atoms with Gasteiger partial charge in [-0.1, -0.05) is 55.3 Å². The summed E-state index contributed by atoms with van der Waals surface area (Å²) >= 11 is 6.59. The number of hydrogen-bond acceptors (Lipinski definition) is 7. The van der Waals surface area contributed by atoms with E-state index in [1.807, 2.05) is 37.3 Å². The molecule has 10 heteroatoms. The summed E-state index contributed by atoms with van der Waals surface area (Å²) < 4.78 is 5.57. The lowest BCUT2D eigenvalue weighted by Crippen LogP contribution is -2.29. The van der Waals surface area contributed by atoms with Gasteiger partial charge in [-0.15, -0.1) is 0 Å². The van der Waals surface area contributed by atoms with Crippen molar-refractivity contribution in [3.05, 3.63) is 89.9 Å². The minimum Gasteiger partial charge on any atom is -0.446 e. The van der Waals surface area contributed by atoms with Crippen molar-refractivity contribution in [1.82, 2.24) is 15.3 Å². The molecule has 0 aliphatic heterocycles. The molecule has 1 unspecified atom stereocenters. The number of aromatic nitrogens is 2. The van der Waals surface area contributed by atoms with Crippen molar-refractivity contribution in [2.75, 3.05) is 22.5 Å². The summed E-state index contributed by atoms with van der Waals surface area (Å²) in [4.78, 5) is 33.0. The number of halogens is 1. The van der Waals surface area contributed by atoms with Crippen molar-refractivity contribution in [3.63, 3.8) is 0 Å². The van der Waals surface area contributed by atoms with Crippen LogP contribution in [-0.4, -0.2) is 34.6 Å². The molecule has 0 bridgehead atoms. The predicted molar refractivity (Wildman–Crippen MR) is 177 cm³/mol. The highest BCUT2D eigenvalue weighted by Crippen LogP contribution is 2.36. The monoisotopic (exact) mass is 612 g/mol. The molecular formula is C34H37ClN6O3. The van der Waals surface area contributed by atoms with Crippen LogP contribution in [0.15, 0.2) is 73.6 Å². The molecule has 3 aromatic rings. The smallest absolute Gasteiger partial charge is 0.407 e. The number of alkyl carbamates (subject to hydrolysis) is 1. The second-order valence-electron chi connectivity index (χ2n) is 10.1. The molecule has 4 N–H and O–H groups in total. The summed E-state index contributed by atoms with van der Waals surface area (Å²) in [5.74, 6) is 6.43. The van der Waals surface area contributed by atoms with Crippen LogP contribution < -0.4 is 21.3 Å². The Morgan fingerprint density at radius 1 is 1.11 bits per heavy atom. The Bertz CT molecular complexity index is 1560. The Morgan fingerprint density at radius 3 is 2.75 bits per heavy atom. The van der Waals surface area contributed by atoms with E-state index in [9.17, 15) is 9.59 Å². The molecule has 0 saturated carbocycles. The summed E-state index contributed by atoms with van der Waals surface area (Å²) in [5, 5.41) is 12.8. The van der Waals surface area contributed by atoms with Gasteiger partial charge in [0.05, 0.1) is 28.3 Å². The number of anilines is 5. The Hall–Kier alpha value is -4.81. The number of allylic oxidation sites excluding steroid dienone is 2. The van der Waals surface area contributed by atoms with Crippen LogP contribution in [0.4, 0.5) is 33.4 Å². The fourth-order valence-electron chi connectivity index (χ4n) is 4.66. The van der Waals surface area contributed by atoms with Gasteiger partial charge in [0.25, 0.3) is 0 Å². The zero-order valence-corrected chi connectivity index (χ0v) is 25.5. The van der Waals surface area contributed by atoms with Gasteiger partial charge >= 0.3 is 6.09 Å².